The Hall–Kier alpha value is -3.13. The lowest BCUT2D eigenvalue weighted by atomic mass is 9.87. The lowest BCUT2D eigenvalue weighted by molar-refractivity contribution is -0.192. The number of benzene rings is 2. The maximum atomic E-state index is 14.5. The van der Waals surface area contributed by atoms with Gasteiger partial charge in [0.2, 0.25) is 0 Å². The van der Waals surface area contributed by atoms with Gasteiger partial charge < -0.3 is 34.6 Å². The highest BCUT2D eigenvalue weighted by Gasteiger charge is 2.42. The van der Waals surface area contributed by atoms with Crippen LogP contribution in [0, 0.1) is 5.82 Å². The molecule has 9 nitrogen and oxygen atoms in total. The number of amides is 1. The standard InChI is InChI=1S/C26H30ClFN2O5.C2HF3O2/c27-18-4-5-23-17(12-18)13-26(35-23)7-10-29(11-8-26)14-20(32)16-34-24-21(2-1-3-22(24)28)25(33)30-9-6-19(31)15-30;3-2(4,5)1(6)7/h1-5,12,19-20,31-32H,6-11,13-16H2;(H,6,7)/t19-,20-;/m0./s1. The van der Waals surface area contributed by atoms with Crippen molar-refractivity contribution in [1.82, 2.24) is 9.80 Å². The van der Waals surface area contributed by atoms with Crippen molar-refractivity contribution in [3.63, 3.8) is 0 Å². The van der Waals surface area contributed by atoms with Gasteiger partial charge in [-0.2, -0.15) is 13.2 Å². The zero-order valence-electron chi connectivity index (χ0n) is 22.4. The molecule has 42 heavy (non-hydrogen) atoms. The molecule has 0 aliphatic carbocycles. The smallest absolute Gasteiger partial charge is 0.487 e. The summed E-state index contributed by atoms with van der Waals surface area (Å²) < 4.78 is 58.2. The maximum Gasteiger partial charge on any atom is 0.490 e. The largest absolute Gasteiger partial charge is 0.490 e. The van der Waals surface area contributed by atoms with Crippen LogP contribution >= 0.6 is 11.6 Å². The number of carboxylic acid groups (broad SMARTS) is 1. The first-order valence-corrected chi connectivity index (χ1v) is 13.7. The third-order valence-corrected chi connectivity index (χ3v) is 7.64. The Morgan fingerprint density at radius 3 is 2.48 bits per heavy atom. The summed E-state index contributed by atoms with van der Waals surface area (Å²) in [4.78, 5) is 25.4. The first-order chi connectivity index (χ1) is 19.8. The van der Waals surface area contributed by atoms with Crippen LogP contribution in [0.15, 0.2) is 36.4 Å². The highest BCUT2D eigenvalue weighted by Crippen LogP contribution is 2.42. The summed E-state index contributed by atoms with van der Waals surface area (Å²) >= 11 is 6.12. The Morgan fingerprint density at radius 1 is 1.17 bits per heavy atom. The molecular weight excluding hydrogens is 588 g/mol. The highest BCUT2D eigenvalue weighted by molar-refractivity contribution is 6.30. The molecule has 0 aromatic heterocycles. The highest BCUT2D eigenvalue weighted by atomic mass is 35.5. The van der Waals surface area contributed by atoms with Gasteiger partial charge in [0.25, 0.3) is 5.91 Å². The molecule has 0 radical (unpaired) electrons. The number of aliphatic carboxylic acids is 1. The Bertz CT molecular complexity index is 1290. The van der Waals surface area contributed by atoms with Gasteiger partial charge in [-0.15, -0.1) is 0 Å². The first-order valence-electron chi connectivity index (χ1n) is 13.3. The van der Waals surface area contributed by atoms with Crippen molar-refractivity contribution in [1.29, 1.82) is 0 Å². The van der Waals surface area contributed by atoms with Crippen LogP contribution < -0.4 is 9.47 Å². The number of nitrogens with zero attached hydrogens (tertiary/aromatic N) is 2. The maximum absolute atomic E-state index is 14.5. The van der Waals surface area contributed by atoms with E-state index in [9.17, 15) is 32.6 Å². The number of halogens is 5. The van der Waals surface area contributed by atoms with E-state index < -0.39 is 30.2 Å². The van der Waals surface area contributed by atoms with Crippen LogP contribution in [0.5, 0.6) is 11.5 Å². The van der Waals surface area contributed by atoms with E-state index in [0.29, 0.717) is 24.5 Å². The second-order valence-electron chi connectivity index (χ2n) is 10.6. The summed E-state index contributed by atoms with van der Waals surface area (Å²) in [7, 11) is 0. The quantitative estimate of drug-likeness (QED) is 0.421. The number of carbonyl (C=O) groups is 2. The van der Waals surface area contributed by atoms with Gasteiger partial charge in [0.15, 0.2) is 11.6 Å². The van der Waals surface area contributed by atoms with E-state index in [1.807, 2.05) is 18.2 Å². The summed E-state index contributed by atoms with van der Waals surface area (Å²) in [5.74, 6) is -3.06. The van der Waals surface area contributed by atoms with Crippen LogP contribution in [0.25, 0.3) is 0 Å². The van der Waals surface area contributed by atoms with Crippen LogP contribution in [-0.2, 0) is 11.2 Å². The topological polar surface area (TPSA) is 120 Å². The fraction of sp³-hybridized carbons (Fsp3) is 0.500. The Kier molecular flexibility index (Phi) is 9.86. The molecule has 0 unspecified atom stereocenters. The number of hydrogen-bond acceptors (Lipinski definition) is 7. The number of likely N-dealkylation sites (tertiary alicyclic amines) is 2. The molecule has 2 atom stereocenters. The second kappa shape index (κ2) is 13.0. The van der Waals surface area contributed by atoms with Crippen molar-refractivity contribution in [2.45, 2.75) is 49.7 Å². The third-order valence-electron chi connectivity index (χ3n) is 7.41. The molecule has 14 heteroatoms. The van der Waals surface area contributed by atoms with Crippen molar-refractivity contribution in [3.8, 4) is 11.5 Å². The lowest BCUT2D eigenvalue weighted by Crippen LogP contribution is -2.49. The molecule has 3 N–H and O–H groups in total. The van der Waals surface area contributed by atoms with Gasteiger partial charge in [0, 0.05) is 57.0 Å². The molecule has 2 saturated heterocycles. The number of ether oxygens (including phenoxy) is 2. The van der Waals surface area contributed by atoms with Crippen LogP contribution in [0.3, 0.4) is 0 Å². The molecule has 1 spiro atoms. The first kappa shape index (κ1) is 31.8. The number of carboxylic acids is 1. The molecule has 230 valence electrons. The number of piperidine rings is 1. The normalized spacial score (nSPS) is 20.4. The molecule has 2 fully saturated rings. The number of hydrogen-bond donors (Lipinski definition) is 3. The van der Waals surface area contributed by atoms with E-state index in [-0.39, 0.29) is 36.0 Å². The minimum Gasteiger partial charge on any atom is -0.487 e. The van der Waals surface area contributed by atoms with Crippen molar-refractivity contribution in [2.75, 3.05) is 39.3 Å². The van der Waals surface area contributed by atoms with Gasteiger partial charge in [0.1, 0.15) is 24.1 Å². The SMILES string of the molecule is O=C(O)C(F)(F)F.O=C(c1cccc(F)c1OC[C@@H](O)CN1CCC2(CC1)Cc1cc(Cl)ccc1O2)N1CC[C@H](O)C1. The molecule has 2 aromatic carbocycles. The van der Waals surface area contributed by atoms with E-state index in [0.717, 1.165) is 43.7 Å². The van der Waals surface area contributed by atoms with Crippen molar-refractivity contribution in [3.05, 3.63) is 58.4 Å². The third kappa shape index (κ3) is 7.82. The van der Waals surface area contributed by atoms with Crippen LogP contribution in [0.4, 0.5) is 17.6 Å². The Morgan fingerprint density at radius 2 is 1.86 bits per heavy atom. The number of aliphatic hydroxyl groups excluding tert-OH is 2. The molecular formula is C28H31ClF4N2O7. The molecule has 2 aromatic rings. The summed E-state index contributed by atoms with van der Waals surface area (Å²) in [6.07, 6.45) is -3.50. The zero-order valence-corrected chi connectivity index (χ0v) is 23.2. The summed E-state index contributed by atoms with van der Waals surface area (Å²) in [6.45, 7) is 2.41. The fourth-order valence-electron chi connectivity index (χ4n) is 5.27. The number of carbonyl (C=O) groups excluding carboxylic acids is 1. The summed E-state index contributed by atoms with van der Waals surface area (Å²) in [6, 6.07) is 9.93. The Balaban J connectivity index is 0.000000517. The zero-order chi connectivity index (χ0) is 30.7. The monoisotopic (exact) mass is 618 g/mol. The van der Waals surface area contributed by atoms with Gasteiger partial charge >= 0.3 is 12.1 Å². The fourth-order valence-corrected chi connectivity index (χ4v) is 5.47. The molecule has 5 rings (SSSR count). The number of aliphatic hydroxyl groups is 2. The predicted molar refractivity (Wildman–Crippen MR) is 142 cm³/mol. The molecule has 3 heterocycles. The minimum atomic E-state index is -5.08. The van der Waals surface area contributed by atoms with E-state index in [2.05, 4.69) is 4.90 Å². The van der Waals surface area contributed by atoms with Crippen LogP contribution in [-0.4, -0.2) is 100 Å². The molecule has 3 aliphatic heterocycles. The Labute approximate surface area is 244 Å². The molecule has 0 saturated carbocycles. The second-order valence-corrected chi connectivity index (χ2v) is 11.0. The van der Waals surface area contributed by atoms with Gasteiger partial charge in [-0.1, -0.05) is 17.7 Å². The lowest BCUT2D eigenvalue weighted by Gasteiger charge is -2.39. The molecule has 0 bridgehead atoms. The predicted octanol–water partition coefficient (Wildman–Crippen LogP) is 3.53. The number of β-amino-alcohol motifs (C(OH)–C–C–N with tert-alkyl or cyclic N) is 2. The summed E-state index contributed by atoms with van der Waals surface area (Å²) in [5.41, 5.74) is 1.01. The number of alkyl halides is 3. The molecule has 3 aliphatic rings. The van der Waals surface area contributed by atoms with Gasteiger partial charge in [-0.25, -0.2) is 9.18 Å². The number of rotatable bonds is 6. The number of para-hydroxylation sites is 1. The van der Waals surface area contributed by atoms with Gasteiger partial charge in [-0.05, 0) is 42.3 Å². The van der Waals surface area contributed by atoms with Crippen LogP contribution in [0.2, 0.25) is 5.02 Å². The van der Waals surface area contributed by atoms with Gasteiger partial charge in [-0.3, -0.25) is 4.79 Å². The van der Waals surface area contributed by atoms with E-state index in [4.69, 9.17) is 31.0 Å². The van der Waals surface area contributed by atoms with E-state index >= 15 is 0 Å². The van der Waals surface area contributed by atoms with Crippen molar-refractivity contribution >= 4 is 23.5 Å². The minimum absolute atomic E-state index is 0.101. The average molecular weight is 619 g/mol. The van der Waals surface area contributed by atoms with E-state index in [1.54, 1.807) is 0 Å². The van der Waals surface area contributed by atoms with Crippen molar-refractivity contribution in [2.24, 2.45) is 0 Å². The average Bonchev–Trinajstić information content (AvgIpc) is 3.51. The van der Waals surface area contributed by atoms with Crippen molar-refractivity contribution < 1.29 is 51.9 Å². The van der Waals surface area contributed by atoms with Crippen LogP contribution in [0.1, 0.15) is 35.2 Å². The molecule has 1 amide bonds. The van der Waals surface area contributed by atoms with Gasteiger partial charge in [0.05, 0.1) is 11.7 Å². The number of fused-ring (bicyclic) bond motifs is 1. The summed E-state index contributed by atoms with van der Waals surface area (Å²) in [5, 5.41) is 28.2. The van der Waals surface area contributed by atoms with E-state index in [1.165, 1.54) is 23.1 Å².